The van der Waals surface area contributed by atoms with Crippen molar-refractivity contribution in [3.63, 3.8) is 0 Å². The molecule has 0 atom stereocenters. The Morgan fingerprint density at radius 2 is 2.15 bits per heavy atom. The maximum absolute atomic E-state index is 5.94. The quantitative estimate of drug-likeness (QED) is 0.790. The van der Waals surface area contributed by atoms with Crippen LogP contribution >= 0.6 is 0 Å². The molecule has 1 aliphatic rings. The Morgan fingerprint density at radius 1 is 1.40 bits per heavy atom. The molecular weight excluding hydrogens is 250 g/mol. The molecule has 4 heteroatoms. The number of hydrogen-bond donors (Lipinski definition) is 1. The predicted octanol–water partition coefficient (Wildman–Crippen LogP) is 3.47. The van der Waals surface area contributed by atoms with E-state index >= 15 is 0 Å². The van der Waals surface area contributed by atoms with Gasteiger partial charge in [0.1, 0.15) is 5.82 Å². The number of rotatable bonds is 8. The molecule has 2 rings (SSSR count). The van der Waals surface area contributed by atoms with Crippen LogP contribution in [-0.4, -0.2) is 24.2 Å². The van der Waals surface area contributed by atoms with E-state index in [4.69, 9.17) is 10.5 Å². The average molecular weight is 277 g/mol. The number of ether oxygens (including phenoxy) is 1. The van der Waals surface area contributed by atoms with Gasteiger partial charge in [0.2, 0.25) is 5.88 Å². The topological polar surface area (TPSA) is 51.4 Å². The first-order chi connectivity index (χ1) is 9.61. The predicted molar refractivity (Wildman–Crippen MR) is 84.3 cm³/mol. The van der Waals surface area contributed by atoms with Crippen LogP contribution in [0.3, 0.4) is 0 Å². The van der Waals surface area contributed by atoms with Crippen molar-refractivity contribution in [1.29, 1.82) is 0 Å². The first-order valence-electron chi connectivity index (χ1n) is 7.77. The van der Waals surface area contributed by atoms with Crippen LogP contribution in [-0.2, 0) is 0 Å². The van der Waals surface area contributed by atoms with E-state index in [1.54, 1.807) is 0 Å². The Hall–Kier alpha value is -1.45. The maximum Gasteiger partial charge on any atom is 0.239 e. The van der Waals surface area contributed by atoms with Crippen molar-refractivity contribution in [3.8, 4) is 5.88 Å². The summed E-state index contributed by atoms with van der Waals surface area (Å²) in [5.41, 5.74) is 6.56. The lowest BCUT2D eigenvalue weighted by atomic mass is 10.1. The van der Waals surface area contributed by atoms with Gasteiger partial charge >= 0.3 is 0 Å². The van der Waals surface area contributed by atoms with Gasteiger partial charge in [0, 0.05) is 12.6 Å². The molecule has 0 unspecified atom stereocenters. The molecule has 0 aromatic carbocycles. The molecule has 2 N–H and O–H groups in total. The molecule has 1 heterocycles. The van der Waals surface area contributed by atoms with Crippen LogP contribution in [0.25, 0.3) is 0 Å². The van der Waals surface area contributed by atoms with Crippen molar-refractivity contribution in [2.45, 2.75) is 52.5 Å². The number of nitrogens with two attached hydrogens (primary N) is 1. The van der Waals surface area contributed by atoms with Crippen LogP contribution in [0.4, 0.5) is 11.5 Å². The van der Waals surface area contributed by atoms with Crippen LogP contribution in [0.2, 0.25) is 0 Å². The minimum absolute atomic E-state index is 0.583. The molecule has 0 saturated heterocycles. The summed E-state index contributed by atoms with van der Waals surface area (Å²) in [5.74, 6) is 2.30. The first-order valence-corrected chi connectivity index (χ1v) is 7.77. The summed E-state index contributed by atoms with van der Waals surface area (Å²) >= 11 is 0. The highest BCUT2D eigenvalue weighted by atomic mass is 16.5. The number of pyridine rings is 1. The van der Waals surface area contributed by atoms with Crippen molar-refractivity contribution in [2.75, 3.05) is 23.8 Å². The van der Waals surface area contributed by atoms with Crippen molar-refractivity contribution in [2.24, 2.45) is 5.92 Å². The largest absolute Gasteiger partial charge is 0.476 e. The third-order valence-electron chi connectivity index (χ3n) is 3.55. The first kappa shape index (κ1) is 14.9. The highest BCUT2D eigenvalue weighted by Gasteiger charge is 2.30. The summed E-state index contributed by atoms with van der Waals surface area (Å²) in [4.78, 5) is 7.04. The second kappa shape index (κ2) is 6.82. The van der Waals surface area contributed by atoms with Crippen molar-refractivity contribution in [1.82, 2.24) is 4.98 Å². The summed E-state index contributed by atoms with van der Waals surface area (Å²) in [7, 11) is 0. The fraction of sp³-hybridized carbons (Fsp3) is 0.688. The van der Waals surface area contributed by atoms with Crippen LogP contribution < -0.4 is 15.4 Å². The summed E-state index contributed by atoms with van der Waals surface area (Å²) in [6.07, 6.45) is 4.70. The van der Waals surface area contributed by atoms with Gasteiger partial charge in [-0.05, 0) is 43.7 Å². The number of anilines is 2. The van der Waals surface area contributed by atoms with Gasteiger partial charge in [0.15, 0.2) is 0 Å². The Balaban J connectivity index is 2.11. The van der Waals surface area contributed by atoms with E-state index < -0.39 is 0 Å². The van der Waals surface area contributed by atoms with Crippen molar-refractivity contribution in [3.05, 3.63) is 12.1 Å². The summed E-state index contributed by atoms with van der Waals surface area (Å²) in [6, 6.07) is 4.59. The normalized spacial score (nSPS) is 14.6. The molecule has 1 saturated carbocycles. The highest BCUT2D eigenvalue weighted by Crippen LogP contribution is 2.33. The summed E-state index contributed by atoms with van der Waals surface area (Å²) in [5, 5.41) is 0. The van der Waals surface area contributed by atoms with Gasteiger partial charge in [0.05, 0.1) is 12.3 Å². The van der Waals surface area contributed by atoms with Crippen LogP contribution in [0.1, 0.15) is 46.5 Å². The molecular formula is C16H27N3O. The van der Waals surface area contributed by atoms with Crippen LogP contribution in [0.15, 0.2) is 12.1 Å². The Morgan fingerprint density at radius 3 is 2.75 bits per heavy atom. The molecule has 0 amide bonds. The van der Waals surface area contributed by atoms with E-state index in [-0.39, 0.29) is 0 Å². The smallest absolute Gasteiger partial charge is 0.239 e. The van der Waals surface area contributed by atoms with E-state index in [0.29, 0.717) is 30.1 Å². The molecule has 0 radical (unpaired) electrons. The van der Waals surface area contributed by atoms with Gasteiger partial charge in [-0.15, -0.1) is 0 Å². The lowest BCUT2D eigenvalue weighted by Crippen LogP contribution is -2.28. The highest BCUT2D eigenvalue weighted by molar-refractivity contribution is 5.55. The standard InChI is InChI=1S/C16H27N3O/c1-4-11-20-16-14(17)7-8-15(18-16)19(13-5-6-13)10-9-12(2)3/h7-8,12-13H,4-6,9-11,17H2,1-3H3. The Bertz CT molecular complexity index is 430. The molecule has 1 aromatic rings. The third-order valence-corrected chi connectivity index (χ3v) is 3.55. The van der Waals surface area contributed by atoms with Gasteiger partial charge in [-0.25, -0.2) is 0 Å². The minimum atomic E-state index is 0.583. The molecule has 0 aliphatic heterocycles. The molecule has 0 bridgehead atoms. The van der Waals surface area contributed by atoms with Gasteiger partial charge in [-0.3, -0.25) is 0 Å². The third kappa shape index (κ3) is 4.02. The Kier molecular flexibility index (Phi) is 5.10. The molecule has 4 nitrogen and oxygen atoms in total. The van der Waals surface area contributed by atoms with Gasteiger partial charge in [0.25, 0.3) is 0 Å². The van der Waals surface area contributed by atoms with E-state index in [9.17, 15) is 0 Å². The zero-order valence-electron chi connectivity index (χ0n) is 12.9. The zero-order valence-corrected chi connectivity index (χ0v) is 12.9. The molecule has 1 aromatic heterocycles. The number of hydrogen-bond acceptors (Lipinski definition) is 4. The van der Waals surface area contributed by atoms with Crippen LogP contribution in [0, 0.1) is 5.92 Å². The van der Waals surface area contributed by atoms with Crippen molar-refractivity contribution >= 4 is 11.5 Å². The molecule has 1 aliphatic carbocycles. The fourth-order valence-corrected chi connectivity index (χ4v) is 2.18. The average Bonchev–Trinajstić information content (AvgIpc) is 3.23. The number of nitrogen functional groups attached to an aromatic ring is 1. The fourth-order valence-electron chi connectivity index (χ4n) is 2.18. The second-order valence-electron chi connectivity index (χ2n) is 6.02. The van der Waals surface area contributed by atoms with Crippen molar-refractivity contribution < 1.29 is 4.74 Å². The second-order valence-corrected chi connectivity index (χ2v) is 6.02. The van der Waals surface area contributed by atoms with Gasteiger partial charge in [-0.1, -0.05) is 20.8 Å². The van der Waals surface area contributed by atoms with E-state index in [2.05, 4.69) is 30.7 Å². The van der Waals surface area contributed by atoms with E-state index in [0.717, 1.165) is 18.8 Å². The lowest BCUT2D eigenvalue weighted by Gasteiger charge is -2.25. The monoisotopic (exact) mass is 277 g/mol. The Labute approximate surface area is 122 Å². The summed E-state index contributed by atoms with van der Waals surface area (Å²) < 4.78 is 5.64. The van der Waals surface area contributed by atoms with Gasteiger partial charge in [-0.2, -0.15) is 4.98 Å². The molecule has 0 spiro atoms. The number of nitrogens with zero attached hydrogens (tertiary/aromatic N) is 2. The van der Waals surface area contributed by atoms with E-state index in [1.165, 1.54) is 19.3 Å². The summed E-state index contributed by atoms with van der Waals surface area (Å²) in [6.45, 7) is 8.33. The molecule has 20 heavy (non-hydrogen) atoms. The molecule has 112 valence electrons. The number of aromatic nitrogens is 1. The zero-order chi connectivity index (χ0) is 14.5. The SMILES string of the molecule is CCCOc1nc(N(CCC(C)C)C2CC2)ccc1N. The van der Waals surface area contributed by atoms with Crippen LogP contribution in [0.5, 0.6) is 5.88 Å². The maximum atomic E-state index is 5.94. The molecule has 1 fully saturated rings. The van der Waals surface area contributed by atoms with Gasteiger partial charge < -0.3 is 15.4 Å². The minimum Gasteiger partial charge on any atom is -0.476 e. The lowest BCUT2D eigenvalue weighted by molar-refractivity contribution is 0.307. The van der Waals surface area contributed by atoms with E-state index in [1.807, 2.05) is 12.1 Å².